The number of aromatic nitrogens is 1. The Morgan fingerprint density at radius 2 is 2.08 bits per heavy atom. The molecule has 0 N–H and O–H groups in total. The van der Waals surface area contributed by atoms with Crippen molar-refractivity contribution in [2.45, 2.75) is 0 Å². The molecule has 2 rings (SSSR count). The molecule has 1 aromatic heterocycles. The summed E-state index contributed by atoms with van der Waals surface area (Å²) < 4.78 is 5.33. The van der Waals surface area contributed by atoms with Gasteiger partial charge in [0.15, 0.2) is 9.28 Å². The van der Waals surface area contributed by atoms with Gasteiger partial charge in [0.05, 0.1) is 5.39 Å². The van der Waals surface area contributed by atoms with Crippen molar-refractivity contribution in [2.24, 2.45) is 0 Å². The second-order valence-electron chi connectivity index (χ2n) is 2.30. The van der Waals surface area contributed by atoms with Gasteiger partial charge in [0, 0.05) is 0 Å². The first-order chi connectivity index (χ1) is 5.79. The molecule has 1 heterocycles. The van der Waals surface area contributed by atoms with Crippen LogP contribution in [0.4, 0.5) is 0 Å². The molecule has 0 saturated heterocycles. The number of rotatable bonds is 0. The van der Waals surface area contributed by atoms with E-state index in [1.807, 2.05) is 22.6 Å². The highest BCUT2D eigenvalue weighted by Gasteiger charge is 2.03. The molecular weight excluding hydrogens is 269 g/mol. The number of para-hydroxylation sites is 1. The van der Waals surface area contributed by atoms with E-state index in [0.29, 0.717) is 14.7 Å². The first kappa shape index (κ1) is 7.72. The van der Waals surface area contributed by atoms with Crippen LogP contribution in [0.5, 0.6) is 0 Å². The summed E-state index contributed by atoms with van der Waals surface area (Å²) in [5.74, 6) is 0. The van der Waals surface area contributed by atoms with E-state index in [9.17, 15) is 4.79 Å². The van der Waals surface area contributed by atoms with Crippen molar-refractivity contribution in [1.82, 2.24) is 5.16 Å². The molecule has 1 aromatic carbocycles. The number of fused-ring (bicyclic) bond motifs is 1. The third-order valence-electron chi connectivity index (χ3n) is 1.54. The van der Waals surface area contributed by atoms with E-state index in [4.69, 9.17) is 4.52 Å². The molecule has 0 saturated carbocycles. The minimum atomic E-state index is -0.0718. The lowest BCUT2D eigenvalue weighted by Crippen LogP contribution is -2.06. The second-order valence-corrected chi connectivity index (χ2v) is 3.32. The number of halogens is 1. The van der Waals surface area contributed by atoms with Gasteiger partial charge in [0.1, 0.15) is 0 Å². The summed E-state index contributed by atoms with van der Waals surface area (Å²) in [6.45, 7) is 0. The van der Waals surface area contributed by atoms with Gasteiger partial charge in [0.25, 0.3) is 0 Å². The van der Waals surface area contributed by atoms with Crippen LogP contribution in [0.3, 0.4) is 0 Å². The molecule has 0 aliphatic carbocycles. The highest BCUT2D eigenvalue weighted by molar-refractivity contribution is 14.1. The van der Waals surface area contributed by atoms with E-state index in [-0.39, 0.29) is 5.43 Å². The van der Waals surface area contributed by atoms with Crippen LogP contribution in [0.2, 0.25) is 0 Å². The van der Waals surface area contributed by atoms with Gasteiger partial charge in [-0.1, -0.05) is 17.3 Å². The number of nitrogens with zero attached hydrogens (tertiary/aromatic N) is 1. The lowest BCUT2D eigenvalue weighted by molar-refractivity contribution is 0.432. The fourth-order valence-electron chi connectivity index (χ4n) is 0.976. The first-order valence-corrected chi connectivity index (χ1v) is 4.41. The fraction of sp³-hybridized carbons (Fsp3) is 0. The fourth-order valence-corrected chi connectivity index (χ4v) is 1.36. The van der Waals surface area contributed by atoms with E-state index in [1.54, 1.807) is 24.3 Å². The van der Waals surface area contributed by atoms with Crippen LogP contribution in [0.15, 0.2) is 33.6 Å². The van der Waals surface area contributed by atoms with Crippen molar-refractivity contribution in [3.63, 3.8) is 0 Å². The van der Waals surface area contributed by atoms with Crippen LogP contribution >= 0.6 is 22.6 Å². The van der Waals surface area contributed by atoms with Crippen molar-refractivity contribution in [3.8, 4) is 0 Å². The number of hydrogen-bond donors (Lipinski definition) is 0. The highest BCUT2D eigenvalue weighted by atomic mass is 127. The maximum absolute atomic E-state index is 11.4. The summed E-state index contributed by atoms with van der Waals surface area (Å²) in [5.41, 5.74) is 0.459. The predicted molar refractivity (Wildman–Crippen MR) is 53.0 cm³/mol. The van der Waals surface area contributed by atoms with Crippen molar-refractivity contribution in [3.05, 3.63) is 38.2 Å². The smallest absolute Gasteiger partial charge is 0.224 e. The monoisotopic (exact) mass is 273 g/mol. The Bertz CT molecular complexity index is 478. The topological polar surface area (TPSA) is 43.1 Å². The average molecular weight is 273 g/mol. The normalized spacial score (nSPS) is 10.4. The molecule has 0 amide bonds. The van der Waals surface area contributed by atoms with Crippen LogP contribution in [-0.4, -0.2) is 5.16 Å². The highest BCUT2D eigenvalue weighted by Crippen LogP contribution is 2.08. The summed E-state index contributed by atoms with van der Waals surface area (Å²) >= 11 is 1.86. The van der Waals surface area contributed by atoms with E-state index in [2.05, 4.69) is 5.16 Å². The van der Waals surface area contributed by atoms with Gasteiger partial charge in [-0.05, 0) is 34.7 Å². The molecule has 0 unspecified atom stereocenters. The van der Waals surface area contributed by atoms with Crippen molar-refractivity contribution < 1.29 is 4.52 Å². The van der Waals surface area contributed by atoms with Gasteiger partial charge in [-0.2, -0.15) is 0 Å². The van der Waals surface area contributed by atoms with Crippen LogP contribution in [0.1, 0.15) is 0 Å². The molecule has 0 aliphatic heterocycles. The second kappa shape index (κ2) is 2.85. The Balaban J connectivity index is 3.01. The zero-order valence-corrected chi connectivity index (χ0v) is 8.11. The third-order valence-corrected chi connectivity index (χ3v) is 2.23. The summed E-state index contributed by atoms with van der Waals surface area (Å²) in [6, 6.07) is 7.06. The molecule has 2 aromatic rings. The molecule has 0 bridgehead atoms. The predicted octanol–water partition coefficient (Wildman–Crippen LogP) is 1.79. The average Bonchev–Trinajstić information content (AvgIpc) is 2.12. The largest absolute Gasteiger partial charge is 0.355 e. The quantitative estimate of drug-likeness (QED) is 0.687. The maximum atomic E-state index is 11.4. The Kier molecular flexibility index (Phi) is 1.84. The number of benzene rings is 1. The summed E-state index contributed by atoms with van der Waals surface area (Å²) in [4.78, 5) is 11.4. The van der Waals surface area contributed by atoms with Gasteiger partial charge in [-0.15, -0.1) is 0 Å². The zero-order chi connectivity index (χ0) is 8.55. The Hall–Kier alpha value is -0.910. The molecule has 0 atom stereocenters. The van der Waals surface area contributed by atoms with Crippen molar-refractivity contribution >= 4 is 33.6 Å². The van der Waals surface area contributed by atoms with Crippen molar-refractivity contribution in [2.75, 3.05) is 0 Å². The van der Waals surface area contributed by atoms with Gasteiger partial charge >= 0.3 is 0 Å². The lowest BCUT2D eigenvalue weighted by Gasteiger charge is -1.92. The Morgan fingerprint density at radius 3 is 2.92 bits per heavy atom. The first-order valence-electron chi connectivity index (χ1n) is 3.33. The molecule has 0 fully saturated rings. The molecule has 60 valence electrons. The molecular formula is C8H4INO2. The number of hydrogen-bond acceptors (Lipinski definition) is 3. The zero-order valence-electron chi connectivity index (χ0n) is 5.95. The van der Waals surface area contributed by atoms with Gasteiger partial charge < -0.3 is 4.52 Å². The minimum Gasteiger partial charge on any atom is -0.355 e. The summed E-state index contributed by atoms with van der Waals surface area (Å²) in [6.07, 6.45) is 0. The summed E-state index contributed by atoms with van der Waals surface area (Å²) in [5, 5.41) is 4.19. The van der Waals surface area contributed by atoms with E-state index < -0.39 is 0 Å². The molecule has 3 nitrogen and oxygen atoms in total. The van der Waals surface area contributed by atoms with Crippen LogP contribution in [-0.2, 0) is 0 Å². The van der Waals surface area contributed by atoms with Gasteiger partial charge in [0.2, 0.25) is 5.43 Å². The molecule has 0 radical (unpaired) electrons. The third kappa shape index (κ3) is 1.12. The molecule has 0 aliphatic rings. The standard InChI is InChI=1S/C8H4INO2/c9-8-7(11)5-3-1-2-4-6(5)12-10-8/h1-4H. The van der Waals surface area contributed by atoms with E-state index >= 15 is 0 Å². The molecule has 0 spiro atoms. The van der Waals surface area contributed by atoms with Crippen LogP contribution < -0.4 is 5.43 Å². The van der Waals surface area contributed by atoms with Gasteiger partial charge in [-0.25, -0.2) is 0 Å². The lowest BCUT2D eigenvalue weighted by atomic mass is 10.2. The molecule has 4 heteroatoms. The van der Waals surface area contributed by atoms with E-state index in [1.165, 1.54) is 0 Å². The Labute approximate surface area is 81.5 Å². The van der Waals surface area contributed by atoms with Gasteiger partial charge in [-0.3, -0.25) is 4.79 Å². The van der Waals surface area contributed by atoms with Crippen LogP contribution in [0, 0.1) is 3.70 Å². The Morgan fingerprint density at radius 1 is 1.33 bits per heavy atom. The molecule has 12 heavy (non-hydrogen) atoms. The van der Waals surface area contributed by atoms with Crippen molar-refractivity contribution in [1.29, 1.82) is 0 Å². The maximum Gasteiger partial charge on any atom is 0.224 e. The summed E-state index contributed by atoms with van der Waals surface area (Å²) in [7, 11) is 0. The SMILES string of the molecule is O=c1c(I)noc2ccccc12. The van der Waals surface area contributed by atoms with E-state index in [0.717, 1.165) is 0 Å². The minimum absolute atomic E-state index is 0.0718. The van der Waals surface area contributed by atoms with Crippen LogP contribution in [0.25, 0.3) is 11.0 Å².